The summed E-state index contributed by atoms with van der Waals surface area (Å²) in [7, 11) is 1.96. The van der Waals surface area contributed by atoms with E-state index in [1.807, 2.05) is 18.2 Å². The molecule has 0 spiro atoms. The predicted molar refractivity (Wildman–Crippen MR) is 89.7 cm³/mol. The van der Waals surface area contributed by atoms with Crippen LogP contribution in [0.25, 0.3) is 0 Å². The zero-order chi connectivity index (χ0) is 13.1. The standard InChI is InChI=1S/C13H18FN3S.HI/c1-17(11-4-5-11)13(15)16-8-9-7-10(14)3-6-12(9)18-2;/h3,6-7,11H,4-5,8H2,1-2H3,(H2,15,16);1H. The summed E-state index contributed by atoms with van der Waals surface area (Å²) in [6.07, 6.45) is 4.34. The number of hydrogen-bond acceptors (Lipinski definition) is 2. The van der Waals surface area contributed by atoms with Gasteiger partial charge in [0.15, 0.2) is 5.96 Å². The molecule has 0 heterocycles. The number of rotatable bonds is 4. The number of thioether (sulfide) groups is 1. The number of hydrogen-bond donors (Lipinski definition) is 1. The number of benzene rings is 1. The number of guanidine groups is 1. The van der Waals surface area contributed by atoms with Gasteiger partial charge in [-0.15, -0.1) is 35.7 Å². The molecule has 19 heavy (non-hydrogen) atoms. The Morgan fingerprint density at radius 2 is 2.21 bits per heavy atom. The highest BCUT2D eigenvalue weighted by molar-refractivity contribution is 14.0. The third-order valence-corrected chi connectivity index (χ3v) is 3.95. The van der Waals surface area contributed by atoms with E-state index in [9.17, 15) is 4.39 Å². The first kappa shape index (κ1) is 16.6. The minimum Gasteiger partial charge on any atom is -0.370 e. The molecule has 1 aromatic carbocycles. The Bertz CT molecular complexity index is 463. The normalized spacial score (nSPS) is 15.0. The fourth-order valence-corrected chi connectivity index (χ4v) is 2.39. The third kappa shape index (κ3) is 4.52. The van der Waals surface area contributed by atoms with Gasteiger partial charge in [0.05, 0.1) is 6.54 Å². The van der Waals surface area contributed by atoms with Gasteiger partial charge in [-0.25, -0.2) is 9.38 Å². The molecule has 106 valence electrons. The topological polar surface area (TPSA) is 41.6 Å². The molecule has 0 atom stereocenters. The van der Waals surface area contributed by atoms with Crippen molar-refractivity contribution in [1.82, 2.24) is 4.90 Å². The summed E-state index contributed by atoms with van der Waals surface area (Å²) in [5.74, 6) is 0.306. The second-order valence-corrected chi connectivity index (χ2v) is 5.32. The lowest BCUT2D eigenvalue weighted by Gasteiger charge is -2.17. The van der Waals surface area contributed by atoms with Crippen molar-refractivity contribution in [2.45, 2.75) is 30.3 Å². The predicted octanol–water partition coefficient (Wildman–Crippen LogP) is 3.07. The summed E-state index contributed by atoms with van der Waals surface area (Å²) in [6, 6.07) is 5.32. The van der Waals surface area contributed by atoms with Crippen molar-refractivity contribution in [2.75, 3.05) is 13.3 Å². The SMILES string of the molecule is CSc1ccc(F)cc1CN=C(N)N(C)C1CC1.I. The molecule has 1 aliphatic carbocycles. The van der Waals surface area contributed by atoms with Crippen molar-refractivity contribution in [1.29, 1.82) is 0 Å². The Morgan fingerprint density at radius 3 is 2.79 bits per heavy atom. The maximum absolute atomic E-state index is 13.2. The summed E-state index contributed by atoms with van der Waals surface area (Å²) < 4.78 is 13.2. The van der Waals surface area contributed by atoms with Gasteiger partial charge in [0.25, 0.3) is 0 Å². The molecule has 1 aliphatic rings. The number of halogens is 2. The van der Waals surface area contributed by atoms with Gasteiger partial charge in [0.1, 0.15) is 5.82 Å². The van der Waals surface area contributed by atoms with Gasteiger partial charge in [-0.2, -0.15) is 0 Å². The highest BCUT2D eigenvalue weighted by Gasteiger charge is 2.27. The highest BCUT2D eigenvalue weighted by Crippen LogP contribution is 2.25. The molecule has 6 heteroatoms. The van der Waals surface area contributed by atoms with E-state index in [2.05, 4.69) is 4.99 Å². The summed E-state index contributed by atoms with van der Waals surface area (Å²) in [4.78, 5) is 7.39. The summed E-state index contributed by atoms with van der Waals surface area (Å²) in [5, 5.41) is 0. The van der Waals surface area contributed by atoms with Gasteiger partial charge in [0, 0.05) is 18.0 Å². The van der Waals surface area contributed by atoms with Crippen molar-refractivity contribution in [3.8, 4) is 0 Å². The lowest BCUT2D eigenvalue weighted by molar-refractivity contribution is 0.487. The monoisotopic (exact) mass is 395 g/mol. The van der Waals surface area contributed by atoms with Crippen LogP contribution in [-0.2, 0) is 6.54 Å². The van der Waals surface area contributed by atoms with Crippen LogP contribution in [-0.4, -0.2) is 30.2 Å². The van der Waals surface area contributed by atoms with E-state index in [0.29, 0.717) is 18.5 Å². The van der Waals surface area contributed by atoms with E-state index >= 15 is 0 Å². The van der Waals surface area contributed by atoms with Crippen molar-refractivity contribution >= 4 is 41.7 Å². The highest BCUT2D eigenvalue weighted by atomic mass is 127. The Morgan fingerprint density at radius 1 is 1.53 bits per heavy atom. The minimum atomic E-state index is -0.230. The lowest BCUT2D eigenvalue weighted by Crippen LogP contribution is -2.35. The van der Waals surface area contributed by atoms with E-state index in [1.54, 1.807) is 17.8 Å². The third-order valence-electron chi connectivity index (χ3n) is 3.11. The molecule has 0 saturated heterocycles. The largest absolute Gasteiger partial charge is 0.370 e. The first-order chi connectivity index (χ1) is 8.61. The zero-order valence-electron chi connectivity index (χ0n) is 11.1. The first-order valence-corrected chi connectivity index (χ1v) is 7.19. The van der Waals surface area contributed by atoms with Gasteiger partial charge in [-0.05, 0) is 42.9 Å². The van der Waals surface area contributed by atoms with Crippen molar-refractivity contribution in [3.63, 3.8) is 0 Å². The molecule has 2 rings (SSSR count). The number of aliphatic imine (C=N–C) groups is 1. The second-order valence-electron chi connectivity index (χ2n) is 4.47. The fraction of sp³-hybridized carbons (Fsp3) is 0.462. The maximum atomic E-state index is 13.2. The van der Waals surface area contributed by atoms with E-state index in [-0.39, 0.29) is 29.8 Å². The molecule has 0 radical (unpaired) electrons. The quantitative estimate of drug-likeness (QED) is 0.369. The summed E-state index contributed by atoms with van der Waals surface area (Å²) in [5.41, 5.74) is 6.79. The van der Waals surface area contributed by atoms with Gasteiger partial charge in [-0.1, -0.05) is 0 Å². The number of nitrogens with two attached hydrogens (primary N) is 1. The van der Waals surface area contributed by atoms with Gasteiger partial charge < -0.3 is 10.6 Å². The van der Waals surface area contributed by atoms with Crippen LogP contribution in [0.3, 0.4) is 0 Å². The average Bonchev–Trinajstić information content (AvgIpc) is 3.19. The molecule has 0 amide bonds. The fourth-order valence-electron chi connectivity index (χ4n) is 1.80. The summed E-state index contributed by atoms with van der Waals surface area (Å²) >= 11 is 1.59. The molecule has 0 unspecified atom stereocenters. The van der Waals surface area contributed by atoms with Crippen molar-refractivity contribution in [3.05, 3.63) is 29.6 Å². The van der Waals surface area contributed by atoms with Crippen LogP contribution in [0.15, 0.2) is 28.1 Å². The molecule has 1 aromatic rings. The molecule has 2 N–H and O–H groups in total. The molecule has 3 nitrogen and oxygen atoms in total. The zero-order valence-corrected chi connectivity index (χ0v) is 14.2. The molecular formula is C13H19FIN3S. The van der Waals surface area contributed by atoms with Gasteiger partial charge in [0.2, 0.25) is 0 Å². The van der Waals surface area contributed by atoms with Crippen LogP contribution in [0, 0.1) is 5.82 Å². The van der Waals surface area contributed by atoms with E-state index < -0.39 is 0 Å². The van der Waals surface area contributed by atoms with E-state index in [4.69, 9.17) is 5.73 Å². The Balaban J connectivity index is 0.00000180. The molecular weight excluding hydrogens is 376 g/mol. The van der Waals surface area contributed by atoms with E-state index in [0.717, 1.165) is 10.5 Å². The van der Waals surface area contributed by atoms with E-state index in [1.165, 1.54) is 25.0 Å². The van der Waals surface area contributed by atoms with Crippen molar-refractivity contribution < 1.29 is 4.39 Å². The molecule has 1 fully saturated rings. The van der Waals surface area contributed by atoms with Gasteiger partial charge in [-0.3, -0.25) is 0 Å². The minimum absolute atomic E-state index is 0. The Hall–Kier alpha value is -0.500. The van der Waals surface area contributed by atoms with Crippen LogP contribution in [0.1, 0.15) is 18.4 Å². The molecule has 0 bridgehead atoms. The lowest BCUT2D eigenvalue weighted by atomic mass is 10.2. The number of nitrogens with zero attached hydrogens (tertiary/aromatic N) is 2. The molecule has 1 saturated carbocycles. The van der Waals surface area contributed by atoms with Gasteiger partial charge >= 0.3 is 0 Å². The van der Waals surface area contributed by atoms with Crippen molar-refractivity contribution in [2.24, 2.45) is 10.7 Å². The second kappa shape index (κ2) is 7.33. The Labute approximate surface area is 134 Å². The van der Waals surface area contributed by atoms with Crippen LogP contribution in [0.4, 0.5) is 4.39 Å². The average molecular weight is 395 g/mol. The van der Waals surface area contributed by atoms with Crippen LogP contribution in [0.5, 0.6) is 0 Å². The Kier molecular flexibility index (Phi) is 6.38. The first-order valence-electron chi connectivity index (χ1n) is 5.97. The maximum Gasteiger partial charge on any atom is 0.191 e. The van der Waals surface area contributed by atoms with Crippen LogP contribution < -0.4 is 5.73 Å². The molecule has 0 aliphatic heterocycles. The smallest absolute Gasteiger partial charge is 0.191 e. The van der Waals surface area contributed by atoms with Crippen LogP contribution in [0.2, 0.25) is 0 Å². The molecule has 0 aromatic heterocycles. The summed E-state index contributed by atoms with van der Waals surface area (Å²) in [6.45, 7) is 0.427. The van der Waals surface area contributed by atoms with Crippen LogP contribution >= 0.6 is 35.7 Å².